The first-order valence-electron chi connectivity index (χ1n) is 16.9. The molecule has 0 bridgehead atoms. The Balaban J connectivity index is 0.000000211. The molecule has 0 amide bonds. The van der Waals surface area contributed by atoms with E-state index in [1.807, 2.05) is 102 Å². The molecule has 0 atom stereocenters. The molecule has 5 aromatic carbocycles. The quantitative estimate of drug-likeness (QED) is 0.135. The number of hydrogen-bond acceptors (Lipinski definition) is 3. The summed E-state index contributed by atoms with van der Waals surface area (Å²) in [4.78, 5) is 36.8. The van der Waals surface area contributed by atoms with E-state index in [0.717, 1.165) is 44.5 Å². The summed E-state index contributed by atoms with van der Waals surface area (Å²) >= 11 is 0. The number of ketones is 3. The van der Waals surface area contributed by atoms with E-state index in [4.69, 9.17) is 0 Å². The lowest BCUT2D eigenvalue weighted by molar-refractivity contribution is 0.0893. The van der Waals surface area contributed by atoms with Crippen molar-refractivity contribution in [2.45, 2.75) is 89.5 Å². The van der Waals surface area contributed by atoms with Crippen LogP contribution in [0, 0.1) is 83.1 Å². The zero-order valence-corrected chi connectivity index (χ0v) is 31.5. The van der Waals surface area contributed by atoms with Gasteiger partial charge in [-0.3, -0.25) is 14.4 Å². The van der Waals surface area contributed by atoms with Gasteiger partial charge >= 0.3 is 0 Å². The number of hydrogen-bond donors (Lipinski definition) is 0. The van der Waals surface area contributed by atoms with Gasteiger partial charge in [0.05, 0.1) is 6.42 Å². The van der Waals surface area contributed by atoms with Gasteiger partial charge in [0.1, 0.15) is 0 Å². The summed E-state index contributed by atoms with van der Waals surface area (Å²) in [6, 6.07) is 27.3. The monoisotopic (exact) mass is 652 g/mol. The van der Waals surface area contributed by atoms with Gasteiger partial charge in [-0.05, 0) is 174 Å². The van der Waals surface area contributed by atoms with Gasteiger partial charge in [-0.25, -0.2) is 0 Å². The van der Waals surface area contributed by atoms with Gasteiger partial charge in [-0.2, -0.15) is 0 Å². The second-order valence-electron chi connectivity index (χ2n) is 13.6. The Hall–Kier alpha value is -4.89. The van der Waals surface area contributed by atoms with Crippen molar-refractivity contribution in [1.29, 1.82) is 0 Å². The van der Waals surface area contributed by atoms with Crippen LogP contribution in [0.25, 0.3) is 0 Å². The minimum absolute atomic E-state index is 0.0784. The number of aryl methyl sites for hydroxylation is 12. The van der Waals surface area contributed by atoms with Crippen LogP contribution in [-0.4, -0.2) is 17.3 Å². The first-order chi connectivity index (χ1) is 23.0. The highest BCUT2D eigenvalue weighted by molar-refractivity contribution is 6.13. The molecule has 0 aliphatic rings. The fourth-order valence-corrected chi connectivity index (χ4v) is 5.22. The zero-order valence-electron chi connectivity index (χ0n) is 31.5. The van der Waals surface area contributed by atoms with Gasteiger partial charge in [0, 0.05) is 22.3 Å². The van der Waals surface area contributed by atoms with Crippen molar-refractivity contribution in [2.75, 3.05) is 0 Å². The normalized spacial score (nSPS) is 10.4. The van der Waals surface area contributed by atoms with Crippen molar-refractivity contribution in [2.24, 2.45) is 0 Å². The molecule has 0 saturated carbocycles. The Kier molecular flexibility index (Phi) is 13.4. The maximum atomic E-state index is 12.4. The summed E-state index contributed by atoms with van der Waals surface area (Å²) in [5.74, 6) is -0.149. The number of carbonyl (C=O) groups excluding carboxylic acids is 3. The molecule has 0 aliphatic carbocycles. The fraction of sp³-hybridized carbons (Fsp3) is 0.283. The average molecular weight is 653 g/mol. The van der Waals surface area contributed by atoms with Crippen LogP contribution in [0.15, 0.2) is 84.9 Å². The Labute approximate surface area is 294 Å². The van der Waals surface area contributed by atoms with Crippen molar-refractivity contribution in [3.05, 3.63) is 174 Å². The number of benzene rings is 5. The molecule has 0 unspecified atom stereocenters. The van der Waals surface area contributed by atoms with Crippen LogP contribution in [0.2, 0.25) is 0 Å². The molecule has 5 aromatic rings. The molecule has 0 aliphatic heterocycles. The van der Waals surface area contributed by atoms with Crippen molar-refractivity contribution >= 4 is 17.3 Å². The van der Waals surface area contributed by atoms with Gasteiger partial charge in [0.25, 0.3) is 0 Å². The minimum atomic E-state index is -0.124. The summed E-state index contributed by atoms with van der Waals surface area (Å²) in [6.07, 6.45) is -0.0784. The highest BCUT2D eigenvalue weighted by Crippen LogP contribution is 2.18. The zero-order chi connectivity index (χ0) is 36.6. The van der Waals surface area contributed by atoms with Crippen LogP contribution < -0.4 is 0 Å². The van der Waals surface area contributed by atoms with E-state index >= 15 is 0 Å². The molecular weight excluding hydrogens is 601 g/mol. The summed E-state index contributed by atoms with van der Waals surface area (Å²) < 4.78 is 0. The molecule has 0 saturated heterocycles. The molecule has 0 heterocycles. The van der Waals surface area contributed by atoms with Crippen molar-refractivity contribution in [1.82, 2.24) is 0 Å². The molecule has 0 radical (unpaired) electrons. The van der Waals surface area contributed by atoms with E-state index in [-0.39, 0.29) is 23.8 Å². The largest absolute Gasteiger partial charge is 0.294 e. The first kappa shape index (κ1) is 38.6. The Morgan fingerprint density at radius 2 is 0.531 bits per heavy atom. The summed E-state index contributed by atoms with van der Waals surface area (Å²) in [5, 5.41) is 0. The van der Waals surface area contributed by atoms with E-state index < -0.39 is 0 Å². The summed E-state index contributed by atoms with van der Waals surface area (Å²) in [6.45, 7) is 24.7. The molecule has 0 fully saturated rings. The van der Waals surface area contributed by atoms with Gasteiger partial charge in [0.2, 0.25) is 0 Å². The van der Waals surface area contributed by atoms with E-state index in [1.165, 1.54) is 33.4 Å². The third kappa shape index (κ3) is 10.5. The molecule has 0 N–H and O–H groups in total. The van der Waals surface area contributed by atoms with Gasteiger partial charge in [-0.15, -0.1) is 0 Å². The molecule has 0 aromatic heterocycles. The average Bonchev–Trinajstić information content (AvgIpc) is 3.05. The highest BCUT2D eigenvalue weighted by Gasteiger charge is 2.15. The molecule has 49 heavy (non-hydrogen) atoms. The van der Waals surface area contributed by atoms with Crippen LogP contribution in [0.3, 0.4) is 0 Å². The summed E-state index contributed by atoms with van der Waals surface area (Å²) in [5.41, 5.74) is 17.5. The Morgan fingerprint density at radius 1 is 0.306 bits per heavy atom. The Morgan fingerprint density at radius 3 is 0.796 bits per heavy atom. The second-order valence-corrected chi connectivity index (χ2v) is 13.6. The van der Waals surface area contributed by atoms with Crippen LogP contribution in [-0.2, 0) is 0 Å². The highest BCUT2D eigenvalue weighted by atomic mass is 16.1. The van der Waals surface area contributed by atoms with Gasteiger partial charge < -0.3 is 0 Å². The van der Waals surface area contributed by atoms with E-state index in [0.29, 0.717) is 11.1 Å². The molecule has 3 heteroatoms. The van der Waals surface area contributed by atoms with E-state index in [1.54, 1.807) is 12.1 Å². The smallest absolute Gasteiger partial charge is 0.193 e. The molecule has 5 rings (SSSR count). The van der Waals surface area contributed by atoms with Crippen LogP contribution >= 0.6 is 0 Å². The number of carbonyl (C=O) groups is 3. The minimum Gasteiger partial charge on any atom is -0.294 e. The maximum Gasteiger partial charge on any atom is 0.193 e. The van der Waals surface area contributed by atoms with Crippen molar-refractivity contribution < 1.29 is 14.4 Å². The third-order valence-corrected chi connectivity index (χ3v) is 9.63. The lowest BCUT2D eigenvalue weighted by Gasteiger charge is -2.07. The maximum absolute atomic E-state index is 12.4. The second kappa shape index (κ2) is 17.0. The standard InChI is InChI=1S/C19H20O2.C17H18O.C10H14/c1-12-5-7-16(9-14(12)3)18(20)11-19(21)17-8-6-13(2)15(4)10-17;1-11-5-7-15(9-13(11)3)17(18)16-8-6-12(2)14(4)10-16;1-7-5-9(3)10(4)6-8(7)2/h5-10H,11H2,1-4H3;5-10H,1-4H3;5-6H,1-4H3. The predicted molar refractivity (Wildman–Crippen MR) is 206 cm³/mol. The lowest BCUT2D eigenvalue weighted by atomic mass is 9.97. The van der Waals surface area contributed by atoms with E-state index in [2.05, 4.69) is 53.7 Å². The lowest BCUT2D eigenvalue weighted by Crippen LogP contribution is -2.09. The van der Waals surface area contributed by atoms with Gasteiger partial charge in [-0.1, -0.05) is 60.7 Å². The fourth-order valence-electron chi connectivity index (χ4n) is 5.22. The van der Waals surface area contributed by atoms with Crippen molar-refractivity contribution in [3.8, 4) is 0 Å². The first-order valence-corrected chi connectivity index (χ1v) is 16.9. The van der Waals surface area contributed by atoms with E-state index in [9.17, 15) is 14.4 Å². The van der Waals surface area contributed by atoms with Crippen LogP contribution in [0.1, 0.15) is 110 Å². The molecular formula is C46H52O3. The van der Waals surface area contributed by atoms with Crippen molar-refractivity contribution in [3.63, 3.8) is 0 Å². The van der Waals surface area contributed by atoms with Crippen LogP contribution in [0.5, 0.6) is 0 Å². The molecule has 254 valence electrons. The summed E-state index contributed by atoms with van der Waals surface area (Å²) in [7, 11) is 0. The van der Waals surface area contributed by atoms with Crippen LogP contribution in [0.4, 0.5) is 0 Å². The molecule has 3 nitrogen and oxygen atoms in total. The Bertz CT molecular complexity index is 1840. The van der Waals surface area contributed by atoms with Gasteiger partial charge in [0.15, 0.2) is 17.3 Å². The SMILES string of the molecule is Cc1cc(C)c(C)cc1C.Cc1ccc(C(=O)CC(=O)c2ccc(C)c(C)c2)cc1C.Cc1ccc(C(=O)c2ccc(C)c(C)c2)cc1C. The number of rotatable bonds is 6. The molecule has 0 spiro atoms. The third-order valence-electron chi connectivity index (χ3n) is 9.63. The topological polar surface area (TPSA) is 51.2 Å². The number of Topliss-reactive ketones (excluding diaryl/α,β-unsaturated/α-hetero) is 2. The predicted octanol–water partition coefficient (Wildman–Crippen LogP) is 11.4.